The molecule has 0 radical (unpaired) electrons. The zero-order valence-corrected chi connectivity index (χ0v) is 7.07. The van der Waals surface area contributed by atoms with Crippen molar-refractivity contribution >= 4 is 25.9 Å². The van der Waals surface area contributed by atoms with Crippen molar-refractivity contribution in [1.29, 1.82) is 0 Å². The highest BCUT2D eigenvalue weighted by molar-refractivity contribution is 7.80. The van der Waals surface area contributed by atoms with E-state index in [4.69, 9.17) is 0 Å². The van der Waals surface area contributed by atoms with Crippen LogP contribution < -0.4 is 5.46 Å². The maximum Gasteiger partial charge on any atom is 0.139 e. The maximum absolute atomic E-state index is 4.18. The van der Waals surface area contributed by atoms with E-state index in [0.29, 0.717) is 0 Å². The standard InChI is InChI=1S/C8H11BS/c9-8-4-2-1-3-7(8)5-6-10/h1-4,10H,5-6,9H2. The SMILES string of the molecule is Bc1ccccc1CCS. The van der Waals surface area contributed by atoms with E-state index < -0.39 is 0 Å². The molecule has 0 aliphatic rings. The first-order chi connectivity index (χ1) is 4.84. The van der Waals surface area contributed by atoms with E-state index in [1.807, 2.05) is 0 Å². The van der Waals surface area contributed by atoms with Gasteiger partial charge in [0, 0.05) is 0 Å². The average Bonchev–Trinajstić information content (AvgIpc) is 1.94. The molecule has 0 saturated carbocycles. The Labute approximate surface area is 68.5 Å². The number of hydrogen-bond donors (Lipinski definition) is 1. The van der Waals surface area contributed by atoms with Crippen molar-refractivity contribution in [2.75, 3.05) is 5.75 Å². The minimum Gasteiger partial charge on any atom is -0.179 e. The number of thiol groups is 1. The lowest BCUT2D eigenvalue weighted by Crippen LogP contribution is -2.09. The summed E-state index contributed by atoms with van der Waals surface area (Å²) >= 11 is 4.18. The summed E-state index contributed by atoms with van der Waals surface area (Å²) in [6, 6.07) is 8.44. The van der Waals surface area contributed by atoms with Crippen molar-refractivity contribution in [2.45, 2.75) is 6.42 Å². The molecule has 10 heavy (non-hydrogen) atoms. The van der Waals surface area contributed by atoms with E-state index >= 15 is 0 Å². The van der Waals surface area contributed by atoms with Crippen LogP contribution in [-0.4, -0.2) is 13.6 Å². The molecule has 1 aromatic rings. The molecule has 0 aliphatic carbocycles. The Morgan fingerprint density at radius 1 is 1.30 bits per heavy atom. The van der Waals surface area contributed by atoms with Crippen LogP contribution in [0.4, 0.5) is 0 Å². The molecular weight excluding hydrogens is 139 g/mol. The average molecular weight is 150 g/mol. The predicted molar refractivity (Wildman–Crippen MR) is 52.2 cm³/mol. The van der Waals surface area contributed by atoms with Crippen LogP contribution in [0, 0.1) is 0 Å². The van der Waals surface area contributed by atoms with Crippen LogP contribution in [0.25, 0.3) is 0 Å². The maximum atomic E-state index is 4.18. The predicted octanol–water partition coefficient (Wildman–Crippen LogP) is 0.417. The van der Waals surface area contributed by atoms with Gasteiger partial charge >= 0.3 is 0 Å². The highest BCUT2D eigenvalue weighted by Crippen LogP contribution is 1.96. The number of benzene rings is 1. The minimum atomic E-state index is 0.935. The van der Waals surface area contributed by atoms with E-state index in [1.54, 1.807) is 0 Å². The molecule has 0 aliphatic heterocycles. The Bertz CT molecular complexity index is 210. The second-order valence-electron chi connectivity index (χ2n) is 2.40. The van der Waals surface area contributed by atoms with Gasteiger partial charge in [0.05, 0.1) is 0 Å². The smallest absolute Gasteiger partial charge is 0.139 e. The molecule has 0 spiro atoms. The molecule has 1 aromatic carbocycles. The summed E-state index contributed by atoms with van der Waals surface area (Å²) in [7, 11) is 2.14. The van der Waals surface area contributed by atoms with E-state index in [9.17, 15) is 0 Å². The summed E-state index contributed by atoms with van der Waals surface area (Å²) in [5, 5.41) is 0. The molecule has 0 atom stereocenters. The fourth-order valence-corrected chi connectivity index (χ4v) is 1.25. The van der Waals surface area contributed by atoms with Gasteiger partial charge in [0.1, 0.15) is 7.85 Å². The molecule has 1 rings (SSSR count). The zero-order valence-electron chi connectivity index (χ0n) is 6.17. The first kappa shape index (κ1) is 7.74. The second-order valence-corrected chi connectivity index (χ2v) is 2.85. The quantitative estimate of drug-likeness (QED) is 0.458. The third-order valence-corrected chi connectivity index (χ3v) is 1.87. The van der Waals surface area contributed by atoms with Crippen molar-refractivity contribution < 1.29 is 0 Å². The first-order valence-corrected chi connectivity index (χ1v) is 4.13. The van der Waals surface area contributed by atoms with E-state index in [0.717, 1.165) is 12.2 Å². The molecular formula is C8H11BS. The topological polar surface area (TPSA) is 0 Å². The lowest BCUT2D eigenvalue weighted by Gasteiger charge is -2.01. The Morgan fingerprint density at radius 2 is 2.00 bits per heavy atom. The zero-order chi connectivity index (χ0) is 7.40. The summed E-state index contributed by atoms with van der Waals surface area (Å²) in [4.78, 5) is 0. The van der Waals surface area contributed by atoms with Gasteiger partial charge in [-0.2, -0.15) is 12.6 Å². The summed E-state index contributed by atoms with van der Waals surface area (Å²) in [5.41, 5.74) is 2.79. The fraction of sp³-hybridized carbons (Fsp3) is 0.250. The van der Waals surface area contributed by atoms with E-state index in [2.05, 4.69) is 44.7 Å². The van der Waals surface area contributed by atoms with Gasteiger partial charge in [-0.25, -0.2) is 0 Å². The van der Waals surface area contributed by atoms with Gasteiger partial charge in [-0.15, -0.1) is 0 Å². The van der Waals surface area contributed by atoms with Crippen LogP contribution in [0.1, 0.15) is 5.56 Å². The Kier molecular flexibility index (Phi) is 2.88. The lowest BCUT2D eigenvalue weighted by molar-refractivity contribution is 1.18. The summed E-state index contributed by atoms with van der Waals surface area (Å²) in [6.45, 7) is 0. The third-order valence-electron chi connectivity index (χ3n) is 1.64. The highest BCUT2D eigenvalue weighted by Gasteiger charge is 1.92. The van der Waals surface area contributed by atoms with Gasteiger partial charge in [-0.3, -0.25) is 0 Å². The largest absolute Gasteiger partial charge is 0.179 e. The molecule has 0 amide bonds. The van der Waals surface area contributed by atoms with Crippen LogP contribution >= 0.6 is 12.6 Å². The van der Waals surface area contributed by atoms with Gasteiger partial charge in [0.2, 0.25) is 0 Å². The summed E-state index contributed by atoms with van der Waals surface area (Å²) in [5.74, 6) is 0.935. The molecule has 0 unspecified atom stereocenters. The monoisotopic (exact) mass is 150 g/mol. The highest BCUT2D eigenvalue weighted by atomic mass is 32.1. The first-order valence-electron chi connectivity index (χ1n) is 3.50. The molecule has 0 bridgehead atoms. The summed E-state index contributed by atoms with van der Waals surface area (Å²) < 4.78 is 0. The normalized spacial score (nSPS) is 9.70. The van der Waals surface area contributed by atoms with Crippen LogP contribution in [0.5, 0.6) is 0 Å². The number of rotatable bonds is 2. The minimum absolute atomic E-state index is 0.935. The van der Waals surface area contributed by atoms with Gasteiger partial charge in [0.15, 0.2) is 0 Å². The Morgan fingerprint density at radius 3 is 2.60 bits per heavy atom. The third kappa shape index (κ3) is 1.81. The van der Waals surface area contributed by atoms with Crippen molar-refractivity contribution in [1.82, 2.24) is 0 Å². The molecule has 2 heteroatoms. The molecule has 0 N–H and O–H groups in total. The molecule has 0 fully saturated rings. The van der Waals surface area contributed by atoms with Crippen LogP contribution in [-0.2, 0) is 6.42 Å². The molecule has 0 saturated heterocycles. The molecule has 0 heterocycles. The Balaban J connectivity index is 2.81. The Hall–Kier alpha value is -0.365. The number of aryl methyl sites for hydroxylation is 1. The van der Waals surface area contributed by atoms with Crippen molar-refractivity contribution in [3.05, 3.63) is 29.8 Å². The summed E-state index contributed by atoms with van der Waals surface area (Å²) in [6.07, 6.45) is 1.08. The number of hydrogen-bond acceptors (Lipinski definition) is 1. The fourth-order valence-electron chi connectivity index (χ4n) is 1.01. The van der Waals surface area contributed by atoms with Crippen molar-refractivity contribution in [3.63, 3.8) is 0 Å². The van der Waals surface area contributed by atoms with Gasteiger partial charge in [0.25, 0.3) is 0 Å². The van der Waals surface area contributed by atoms with Crippen molar-refractivity contribution in [2.24, 2.45) is 0 Å². The van der Waals surface area contributed by atoms with Crippen molar-refractivity contribution in [3.8, 4) is 0 Å². The van der Waals surface area contributed by atoms with Gasteiger partial charge in [-0.05, 0) is 12.2 Å². The second kappa shape index (κ2) is 3.72. The lowest BCUT2D eigenvalue weighted by atomic mass is 9.90. The molecule has 52 valence electrons. The molecule has 0 aromatic heterocycles. The van der Waals surface area contributed by atoms with Gasteiger partial charge < -0.3 is 0 Å². The van der Waals surface area contributed by atoms with E-state index in [1.165, 1.54) is 11.0 Å². The van der Waals surface area contributed by atoms with Crippen LogP contribution in [0.2, 0.25) is 0 Å². The van der Waals surface area contributed by atoms with Crippen LogP contribution in [0.3, 0.4) is 0 Å². The van der Waals surface area contributed by atoms with E-state index in [-0.39, 0.29) is 0 Å². The molecule has 0 nitrogen and oxygen atoms in total. The van der Waals surface area contributed by atoms with Gasteiger partial charge in [-0.1, -0.05) is 35.3 Å². The van der Waals surface area contributed by atoms with Crippen LogP contribution in [0.15, 0.2) is 24.3 Å².